The molecule has 2 aromatic rings. The van der Waals surface area contributed by atoms with Crippen LogP contribution in [0.2, 0.25) is 0 Å². The van der Waals surface area contributed by atoms with Crippen molar-refractivity contribution in [2.45, 2.75) is 25.5 Å². The molecule has 6 nitrogen and oxygen atoms in total. The number of aromatic nitrogens is 2. The maximum atomic E-state index is 5.71. The highest BCUT2D eigenvalue weighted by atomic mass is 16.5. The van der Waals surface area contributed by atoms with Gasteiger partial charge in [0.25, 0.3) is 0 Å². The van der Waals surface area contributed by atoms with Crippen molar-refractivity contribution in [2.24, 2.45) is 0 Å². The molecule has 1 aliphatic heterocycles. The van der Waals surface area contributed by atoms with E-state index in [1.807, 2.05) is 6.07 Å². The van der Waals surface area contributed by atoms with Gasteiger partial charge >= 0.3 is 0 Å². The largest absolute Gasteiger partial charge is 0.496 e. The van der Waals surface area contributed by atoms with Crippen LogP contribution in [-0.2, 0) is 11.3 Å². The number of methoxy groups -OCH3 is 1. The van der Waals surface area contributed by atoms with E-state index in [-0.39, 0.29) is 5.95 Å². The molecule has 6 heteroatoms. The summed E-state index contributed by atoms with van der Waals surface area (Å²) < 4.78 is 11.2. The summed E-state index contributed by atoms with van der Waals surface area (Å²) in [5.74, 6) is 1.07. The number of nitrogens with zero attached hydrogens (tertiary/aromatic N) is 3. The molecule has 1 aliphatic rings. The average Bonchev–Trinajstić information content (AvgIpc) is 3.08. The summed E-state index contributed by atoms with van der Waals surface area (Å²) in [6.07, 6.45) is 6.13. The minimum atomic E-state index is 0.269. The molecular formula is C18H24N4O2. The lowest BCUT2D eigenvalue weighted by atomic mass is 10.0. The molecule has 1 saturated heterocycles. The average molecular weight is 328 g/mol. The van der Waals surface area contributed by atoms with Gasteiger partial charge in [0.2, 0.25) is 5.95 Å². The fourth-order valence-corrected chi connectivity index (χ4v) is 3.07. The number of nitrogens with two attached hydrogens (primary N) is 1. The first-order valence-electron chi connectivity index (χ1n) is 8.20. The second kappa shape index (κ2) is 7.59. The van der Waals surface area contributed by atoms with E-state index in [0.29, 0.717) is 6.10 Å². The highest BCUT2D eigenvalue weighted by Crippen LogP contribution is 2.30. The van der Waals surface area contributed by atoms with Crippen LogP contribution in [0, 0.1) is 0 Å². The Bertz CT molecular complexity index is 669. The van der Waals surface area contributed by atoms with Crippen LogP contribution < -0.4 is 10.5 Å². The van der Waals surface area contributed by atoms with Crippen LogP contribution in [0.1, 0.15) is 18.4 Å². The Kier molecular flexibility index (Phi) is 5.27. The summed E-state index contributed by atoms with van der Waals surface area (Å²) in [7, 11) is 3.79. The Morgan fingerprint density at radius 1 is 1.33 bits per heavy atom. The van der Waals surface area contributed by atoms with E-state index < -0.39 is 0 Å². The molecular weight excluding hydrogens is 304 g/mol. The first-order valence-corrected chi connectivity index (χ1v) is 8.20. The van der Waals surface area contributed by atoms with Gasteiger partial charge in [-0.2, -0.15) is 0 Å². The summed E-state index contributed by atoms with van der Waals surface area (Å²) in [6.45, 7) is 2.70. The first-order chi connectivity index (χ1) is 11.7. The Hall–Kier alpha value is -2.18. The number of hydrogen-bond acceptors (Lipinski definition) is 6. The van der Waals surface area contributed by atoms with Crippen LogP contribution in [-0.4, -0.2) is 48.3 Å². The molecule has 1 aromatic heterocycles. The van der Waals surface area contributed by atoms with Crippen molar-refractivity contribution in [2.75, 3.05) is 33.0 Å². The lowest BCUT2D eigenvalue weighted by molar-refractivity contribution is 0.0793. The van der Waals surface area contributed by atoms with Crippen molar-refractivity contribution in [1.82, 2.24) is 14.9 Å². The van der Waals surface area contributed by atoms with Gasteiger partial charge in [0.05, 0.1) is 13.2 Å². The third-order valence-corrected chi connectivity index (χ3v) is 4.24. The number of ether oxygens (including phenoxy) is 2. The van der Waals surface area contributed by atoms with Crippen molar-refractivity contribution in [3.8, 4) is 16.9 Å². The number of anilines is 1. The molecule has 2 heterocycles. The number of benzene rings is 1. The molecule has 2 N–H and O–H groups in total. The normalized spacial score (nSPS) is 17.4. The van der Waals surface area contributed by atoms with Crippen LogP contribution in [0.3, 0.4) is 0 Å². The summed E-state index contributed by atoms with van der Waals surface area (Å²) in [5, 5.41) is 0. The van der Waals surface area contributed by atoms with Crippen molar-refractivity contribution in [1.29, 1.82) is 0 Å². The minimum Gasteiger partial charge on any atom is -0.496 e. The van der Waals surface area contributed by atoms with Gasteiger partial charge in [-0.1, -0.05) is 6.07 Å². The van der Waals surface area contributed by atoms with E-state index in [9.17, 15) is 0 Å². The number of nitrogen functional groups attached to an aromatic ring is 1. The maximum Gasteiger partial charge on any atom is 0.219 e. The minimum absolute atomic E-state index is 0.269. The standard InChI is InChI=1S/C18H24N4O2/c1-22(12-15-4-3-7-24-15)11-13-5-6-17(23-2)16(8-13)14-9-20-18(19)21-10-14/h5-6,8-10,15H,3-4,7,11-12H2,1-2H3,(H2,19,20,21). The lowest BCUT2D eigenvalue weighted by Crippen LogP contribution is -2.28. The van der Waals surface area contributed by atoms with Crippen LogP contribution in [0.15, 0.2) is 30.6 Å². The third kappa shape index (κ3) is 4.01. The van der Waals surface area contributed by atoms with Crippen molar-refractivity contribution in [3.63, 3.8) is 0 Å². The third-order valence-electron chi connectivity index (χ3n) is 4.24. The smallest absolute Gasteiger partial charge is 0.219 e. The molecule has 1 unspecified atom stereocenters. The maximum absolute atomic E-state index is 5.71. The summed E-state index contributed by atoms with van der Waals surface area (Å²) in [6, 6.07) is 6.20. The van der Waals surface area contributed by atoms with E-state index in [1.165, 1.54) is 12.0 Å². The Labute approximate surface area is 142 Å². The van der Waals surface area contributed by atoms with Crippen LogP contribution in [0.5, 0.6) is 5.75 Å². The van der Waals surface area contributed by atoms with Gasteiger partial charge < -0.3 is 15.2 Å². The second-order valence-corrected chi connectivity index (χ2v) is 6.20. The number of hydrogen-bond donors (Lipinski definition) is 1. The van der Waals surface area contributed by atoms with Gasteiger partial charge in [-0.05, 0) is 37.6 Å². The Morgan fingerprint density at radius 2 is 2.12 bits per heavy atom. The van der Waals surface area contributed by atoms with E-state index in [2.05, 4.69) is 34.0 Å². The molecule has 0 bridgehead atoms. The molecule has 1 fully saturated rings. The molecule has 24 heavy (non-hydrogen) atoms. The van der Waals surface area contributed by atoms with Crippen molar-refractivity contribution >= 4 is 5.95 Å². The molecule has 1 atom stereocenters. The van der Waals surface area contributed by atoms with Gasteiger partial charge in [-0.3, -0.25) is 4.90 Å². The zero-order chi connectivity index (χ0) is 16.9. The van der Waals surface area contributed by atoms with Gasteiger partial charge in [0.1, 0.15) is 5.75 Å². The summed E-state index contributed by atoms with van der Waals surface area (Å²) in [5.41, 5.74) is 8.65. The molecule has 0 radical (unpaired) electrons. The van der Waals surface area contributed by atoms with E-state index in [4.69, 9.17) is 15.2 Å². The Morgan fingerprint density at radius 3 is 2.79 bits per heavy atom. The highest BCUT2D eigenvalue weighted by Gasteiger charge is 2.17. The molecule has 3 rings (SSSR count). The molecule has 128 valence electrons. The lowest BCUT2D eigenvalue weighted by Gasteiger charge is -2.21. The molecule has 0 aliphatic carbocycles. The highest BCUT2D eigenvalue weighted by molar-refractivity contribution is 5.70. The zero-order valence-corrected chi connectivity index (χ0v) is 14.2. The van der Waals surface area contributed by atoms with Gasteiger partial charge in [-0.15, -0.1) is 0 Å². The first kappa shape index (κ1) is 16.7. The van der Waals surface area contributed by atoms with Crippen LogP contribution in [0.4, 0.5) is 5.95 Å². The molecule has 0 spiro atoms. The monoisotopic (exact) mass is 328 g/mol. The van der Waals surface area contributed by atoms with Gasteiger partial charge in [-0.25, -0.2) is 9.97 Å². The topological polar surface area (TPSA) is 73.5 Å². The quantitative estimate of drug-likeness (QED) is 0.877. The van der Waals surface area contributed by atoms with E-state index in [1.54, 1.807) is 19.5 Å². The second-order valence-electron chi connectivity index (χ2n) is 6.20. The summed E-state index contributed by atoms with van der Waals surface area (Å²) in [4.78, 5) is 10.4. The van der Waals surface area contributed by atoms with Crippen LogP contribution in [0.25, 0.3) is 11.1 Å². The Balaban J connectivity index is 1.76. The van der Waals surface area contributed by atoms with E-state index >= 15 is 0 Å². The predicted octanol–water partition coefficient (Wildman–Crippen LogP) is 2.35. The molecule has 0 amide bonds. The van der Waals surface area contributed by atoms with Crippen molar-refractivity contribution in [3.05, 3.63) is 36.2 Å². The van der Waals surface area contributed by atoms with E-state index in [0.717, 1.165) is 43.0 Å². The van der Waals surface area contributed by atoms with Crippen LogP contribution >= 0.6 is 0 Å². The predicted molar refractivity (Wildman–Crippen MR) is 93.7 cm³/mol. The van der Waals surface area contributed by atoms with Crippen molar-refractivity contribution < 1.29 is 9.47 Å². The SMILES string of the molecule is COc1ccc(CN(C)CC2CCCO2)cc1-c1cnc(N)nc1. The number of rotatable bonds is 6. The van der Waals surface area contributed by atoms with Gasteiger partial charge in [0.15, 0.2) is 0 Å². The van der Waals surface area contributed by atoms with Gasteiger partial charge in [0, 0.05) is 43.2 Å². The summed E-state index contributed by atoms with van der Waals surface area (Å²) >= 11 is 0. The fraction of sp³-hybridized carbons (Fsp3) is 0.444. The fourth-order valence-electron chi connectivity index (χ4n) is 3.07. The zero-order valence-electron chi connectivity index (χ0n) is 14.2. The molecule has 0 saturated carbocycles. The molecule has 1 aromatic carbocycles. The number of likely N-dealkylation sites (N-methyl/N-ethyl adjacent to an activating group) is 1.